The van der Waals surface area contributed by atoms with Gasteiger partial charge in [0, 0.05) is 27.5 Å². The van der Waals surface area contributed by atoms with Gasteiger partial charge in [0.15, 0.2) is 0 Å². The summed E-state index contributed by atoms with van der Waals surface area (Å²) in [6, 6.07) is 50.8. The number of carbonyl (C=O) groups excluding carboxylic acids is 2. The maximum absolute atomic E-state index is 15.2. The highest BCUT2D eigenvalue weighted by molar-refractivity contribution is 6.37. The Morgan fingerprint density at radius 2 is 0.980 bits per heavy atom. The molecule has 2 amide bonds. The summed E-state index contributed by atoms with van der Waals surface area (Å²) in [6.07, 6.45) is 0. The Hall–Kier alpha value is -6.52. The van der Waals surface area contributed by atoms with Crippen molar-refractivity contribution in [2.75, 3.05) is 4.90 Å². The summed E-state index contributed by atoms with van der Waals surface area (Å²) in [5.74, 6) is -0.666. The largest absolute Gasteiger partial charge is 0.308 e. The van der Waals surface area contributed by atoms with Crippen LogP contribution in [0.15, 0.2) is 152 Å². The van der Waals surface area contributed by atoms with Crippen molar-refractivity contribution < 1.29 is 9.59 Å². The van der Waals surface area contributed by atoms with E-state index in [1.807, 2.05) is 97.1 Å². The predicted molar refractivity (Wildman–Crippen MR) is 209 cm³/mol. The minimum absolute atomic E-state index is 0.330. The van der Waals surface area contributed by atoms with E-state index in [2.05, 4.69) is 73.9 Å². The van der Waals surface area contributed by atoms with E-state index in [9.17, 15) is 4.79 Å². The number of imide groups is 1. The first kappa shape index (κ1) is 30.5. The molecule has 7 aromatic carbocycles. The number of hydrogen-bond acceptors (Lipinski definition) is 2. The smallest absolute Gasteiger partial charge is 0.268 e. The summed E-state index contributed by atoms with van der Waals surface area (Å²) in [5, 5.41) is 2.18. The summed E-state index contributed by atoms with van der Waals surface area (Å²) < 4.78 is 2.20. The minimum atomic E-state index is -0.336. The zero-order chi connectivity index (χ0) is 34.8. The van der Waals surface area contributed by atoms with Crippen LogP contribution in [0.25, 0.3) is 60.9 Å². The molecule has 244 valence electrons. The maximum atomic E-state index is 15.2. The van der Waals surface area contributed by atoms with Crippen molar-refractivity contribution in [2.45, 2.75) is 20.8 Å². The van der Waals surface area contributed by atoms with Crippen molar-refractivity contribution >= 4 is 39.3 Å². The van der Waals surface area contributed by atoms with Crippen LogP contribution in [0.2, 0.25) is 0 Å². The first-order valence-corrected chi connectivity index (χ1v) is 17.3. The third-order valence-electron chi connectivity index (χ3n) is 10.2. The van der Waals surface area contributed by atoms with Crippen LogP contribution in [-0.2, 0) is 0 Å². The second-order valence-electron chi connectivity index (χ2n) is 13.4. The van der Waals surface area contributed by atoms with E-state index >= 15 is 4.79 Å². The molecule has 4 heteroatoms. The van der Waals surface area contributed by atoms with E-state index < -0.39 is 0 Å². The lowest BCUT2D eigenvalue weighted by molar-refractivity contribution is 0.0926. The first-order chi connectivity index (χ1) is 24.9. The quantitative estimate of drug-likeness (QED) is 0.173. The lowest BCUT2D eigenvalue weighted by Gasteiger charge is -2.23. The number of amides is 2. The summed E-state index contributed by atoms with van der Waals surface area (Å²) >= 11 is 0. The van der Waals surface area contributed by atoms with Crippen LogP contribution in [0.3, 0.4) is 0 Å². The number of anilines is 1. The number of para-hydroxylation sites is 3. The van der Waals surface area contributed by atoms with Gasteiger partial charge in [-0.2, -0.15) is 0 Å². The number of benzene rings is 7. The third-order valence-corrected chi connectivity index (χ3v) is 10.2. The molecule has 0 bridgehead atoms. The van der Waals surface area contributed by atoms with E-state index in [4.69, 9.17) is 0 Å². The normalized spacial score (nSPS) is 12.6. The second kappa shape index (κ2) is 11.8. The van der Waals surface area contributed by atoms with Gasteiger partial charge in [0.1, 0.15) is 0 Å². The average Bonchev–Trinajstić information content (AvgIpc) is 3.62. The van der Waals surface area contributed by atoms with Crippen molar-refractivity contribution in [3.63, 3.8) is 0 Å². The van der Waals surface area contributed by atoms with Gasteiger partial charge in [0.05, 0.1) is 33.5 Å². The third kappa shape index (κ3) is 4.68. The predicted octanol–water partition coefficient (Wildman–Crippen LogP) is 11.5. The molecule has 9 rings (SSSR count). The maximum Gasteiger partial charge on any atom is 0.268 e. The van der Waals surface area contributed by atoms with Crippen LogP contribution in [0, 0.1) is 20.8 Å². The Morgan fingerprint density at radius 1 is 0.451 bits per heavy atom. The Bertz CT molecular complexity index is 2620. The summed E-state index contributed by atoms with van der Waals surface area (Å²) in [7, 11) is 0. The van der Waals surface area contributed by atoms with Crippen LogP contribution in [0.5, 0.6) is 0 Å². The Balaban J connectivity index is 1.33. The van der Waals surface area contributed by atoms with Crippen LogP contribution in [-0.4, -0.2) is 16.4 Å². The van der Waals surface area contributed by atoms with Gasteiger partial charge in [0.25, 0.3) is 11.8 Å². The Morgan fingerprint density at radius 3 is 1.65 bits per heavy atom. The van der Waals surface area contributed by atoms with E-state index in [0.29, 0.717) is 22.5 Å². The lowest BCUT2D eigenvalue weighted by atomic mass is 9.92. The molecule has 0 spiro atoms. The number of rotatable bonds is 5. The van der Waals surface area contributed by atoms with Gasteiger partial charge in [-0.1, -0.05) is 139 Å². The van der Waals surface area contributed by atoms with Crippen molar-refractivity contribution in [3.05, 3.63) is 179 Å². The molecule has 51 heavy (non-hydrogen) atoms. The van der Waals surface area contributed by atoms with E-state index in [-0.39, 0.29) is 11.8 Å². The number of nitrogens with zero attached hydrogens (tertiary/aromatic N) is 2. The first-order valence-electron chi connectivity index (χ1n) is 17.3. The molecule has 0 saturated carbocycles. The van der Waals surface area contributed by atoms with Crippen molar-refractivity contribution in [1.82, 2.24) is 4.57 Å². The topological polar surface area (TPSA) is 42.3 Å². The van der Waals surface area contributed by atoms with E-state index in [0.717, 1.165) is 49.6 Å². The molecule has 0 atom stereocenters. The molecule has 0 unspecified atom stereocenters. The number of aromatic nitrogens is 1. The van der Waals surface area contributed by atoms with Crippen molar-refractivity contribution in [1.29, 1.82) is 0 Å². The zero-order valence-corrected chi connectivity index (χ0v) is 28.6. The van der Waals surface area contributed by atoms with Gasteiger partial charge in [0.2, 0.25) is 0 Å². The van der Waals surface area contributed by atoms with Crippen molar-refractivity contribution in [2.24, 2.45) is 0 Å². The molecule has 0 N–H and O–H groups in total. The van der Waals surface area contributed by atoms with Crippen LogP contribution >= 0.6 is 0 Å². The van der Waals surface area contributed by atoms with Gasteiger partial charge in [-0.05, 0) is 66.8 Å². The number of carbonyl (C=O) groups is 2. The van der Waals surface area contributed by atoms with Gasteiger partial charge in [-0.3, -0.25) is 9.59 Å². The highest BCUT2D eigenvalue weighted by atomic mass is 16.2. The molecular formula is C47H34N2O2. The monoisotopic (exact) mass is 658 g/mol. The van der Waals surface area contributed by atoms with Gasteiger partial charge in [-0.15, -0.1) is 0 Å². The fourth-order valence-corrected chi connectivity index (χ4v) is 8.22. The van der Waals surface area contributed by atoms with Crippen LogP contribution < -0.4 is 4.90 Å². The van der Waals surface area contributed by atoms with Gasteiger partial charge in [-0.25, -0.2) is 4.90 Å². The standard InChI is InChI=1S/C47H34N2O2/c1-29-27-30(2)42(31(3)28-29)38-23-13-22-37-36-19-10-11-25-40(36)48(45(37)38)41-26-14-24-39-43(41)47(51)49(46(39)50)44-34(32-15-6-4-7-16-32)20-12-21-35(44)33-17-8-5-9-18-33/h4-28H,1-3H3. The fourth-order valence-electron chi connectivity index (χ4n) is 8.22. The molecule has 0 aliphatic carbocycles. The van der Waals surface area contributed by atoms with E-state index in [1.165, 1.54) is 27.2 Å². The minimum Gasteiger partial charge on any atom is -0.308 e. The molecule has 1 aliphatic heterocycles. The number of hydrogen-bond donors (Lipinski definition) is 0. The average molecular weight is 659 g/mol. The zero-order valence-electron chi connectivity index (χ0n) is 28.6. The molecule has 0 radical (unpaired) electrons. The summed E-state index contributed by atoms with van der Waals surface area (Å²) in [5.41, 5.74) is 13.4. The van der Waals surface area contributed by atoms with Gasteiger partial charge >= 0.3 is 0 Å². The highest BCUT2D eigenvalue weighted by Gasteiger charge is 2.41. The Kier molecular flexibility index (Phi) is 7.08. The van der Waals surface area contributed by atoms with Crippen molar-refractivity contribution in [3.8, 4) is 39.1 Å². The fraction of sp³-hybridized carbons (Fsp3) is 0.0638. The number of aryl methyl sites for hydroxylation is 3. The summed E-state index contributed by atoms with van der Waals surface area (Å²) in [6.45, 7) is 6.45. The van der Waals surface area contributed by atoms with E-state index in [1.54, 1.807) is 6.07 Å². The SMILES string of the molecule is Cc1cc(C)c(-c2cccc3c4ccccc4n(-c4cccc5c4C(=O)N(c4c(-c6ccccc6)cccc4-c4ccccc4)C5=O)c23)c(C)c1. The molecule has 8 aromatic rings. The van der Waals surface area contributed by atoms with Crippen LogP contribution in [0.4, 0.5) is 5.69 Å². The molecule has 0 saturated heterocycles. The molecule has 4 nitrogen and oxygen atoms in total. The van der Waals surface area contributed by atoms with Gasteiger partial charge < -0.3 is 4.57 Å². The number of fused-ring (bicyclic) bond motifs is 4. The van der Waals surface area contributed by atoms with Crippen LogP contribution in [0.1, 0.15) is 37.4 Å². The highest BCUT2D eigenvalue weighted by Crippen LogP contribution is 2.46. The molecule has 1 aromatic heterocycles. The molecule has 2 heterocycles. The Labute approximate surface area is 296 Å². The summed E-state index contributed by atoms with van der Waals surface area (Å²) in [4.78, 5) is 31.3. The lowest BCUT2D eigenvalue weighted by Crippen LogP contribution is -2.30. The molecule has 1 aliphatic rings. The molecular weight excluding hydrogens is 625 g/mol. The second-order valence-corrected chi connectivity index (χ2v) is 13.4. The molecule has 0 fully saturated rings.